The lowest BCUT2D eigenvalue weighted by Crippen LogP contribution is -2.14. The van der Waals surface area contributed by atoms with E-state index in [1.807, 2.05) is 0 Å². The standard InChI is InChI=1S/C12H13NO5S/c14-10(7-19-6-5-11(15)16)13-9-3-1-8(2-4-9)12(17)18/h1-4H,5-7H2,(H,13,14)(H,15,16)(H,17,18). The van der Waals surface area contributed by atoms with Crippen molar-refractivity contribution in [3.8, 4) is 0 Å². The average molecular weight is 283 g/mol. The van der Waals surface area contributed by atoms with Crippen molar-refractivity contribution < 1.29 is 24.6 Å². The first-order valence-corrected chi connectivity index (χ1v) is 6.57. The van der Waals surface area contributed by atoms with E-state index in [0.29, 0.717) is 11.4 Å². The maximum atomic E-state index is 11.5. The zero-order chi connectivity index (χ0) is 14.3. The lowest BCUT2D eigenvalue weighted by atomic mass is 10.2. The van der Waals surface area contributed by atoms with E-state index in [4.69, 9.17) is 10.2 Å². The van der Waals surface area contributed by atoms with Gasteiger partial charge in [0.05, 0.1) is 17.7 Å². The minimum Gasteiger partial charge on any atom is -0.481 e. The van der Waals surface area contributed by atoms with Crippen LogP contribution in [0.4, 0.5) is 5.69 Å². The van der Waals surface area contributed by atoms with Gasteiger partial charge in [0, 0.05) is 11.4 Å². The molecule has 0 atom stereocenters. The lowest BCUT2D eigenvalue weighted by molar-refractivity contribution is -0.136. The summed E-state index contributed by atoms with van der Waals surface area (Å²) in [6.45, 7) is 0. The molecule has 102 valence electrons. The van der Waals surface area contributed by atoms with E-state index in [1.54, 1.807) is 0 Å². The van der Waals surface area contributed by atoms with Crippen molar-refractivity contribution in [3.63, 3.8) is 0 Å². The van der Waals surface area contributed by atoms with Crippen molar-refractivity contribution in [2.75, 3.05) is 16.8 Å². The van der Waals surface area contributed by atoms with Crippen LogP contribution in [0.1, 0.15) is 16.8 Å². The molecule has 1 aromatic carbocycles. The van der Waals surface area contributed by atoms with E-state index in [0.717, 1.165) is 0 Å². The Balaban J connectivity index is 2.35. The van der Waals surface area contributed by atoms with Crippen molar-refractivity contribution in [2.45, 2.75) is 6.42 Å². The number of rotatable bonds is 7. The third-order valence-electron chi connectivity index (χ3n) is 2.11. The van der Waals surface area contributed by atoms with Crippen LogP contribution in [0.5, 0.6) is 0 Å². The number of aromatic carboxylic acids is 1. The van der Waals surface area contributed by atoms with Crippen LogP contribution >= 0.6 is 11.8 Å². The van der Waals surface area contributed by atoms with E-state index < -0.39 is 11.9 Å². The number of nitrogens with one attached hydrogen (secondary N) is 1. The van der Waals surface area contributed by atoms with Gasteiger partial charge in [-0.3, -0.25) is 9.59 Å². The van der Waals surface area contributed by atoms with E-state index in [-0.39, 0.29) is 23.6 Å². The van der Waals surface area contributed by atoms with E-state index >= 15 is 0 Å². The van der Waals surface area contributed by atoms with Crippen molar-refractivity contribution in [1.29, 1.82) is 0 Å². The zero-order valence-corrected chi connectivity index (χ0v) is 10.8. The highest BCUT2D eigenvalue weighted by molar-refractivity contribution is 7.99. The smallest absolute Gasteiger partial charge is 0.335 e. The second-order valence-corrected chi connectivity index (χ2v) is 4.73. The lowest BCUT2D eigenvalue weighted by Gasteiger charge is -2.05. The Kier molecular flexibility index (Phi) is 5.87. The minimum atomic E-state index is -1.03. The van der Waals surface area contributed by atoms with Gasteiger partial charge < -0.3 is 15.5 Å². The summed E-state index contributed by atoms with van der Waals surface area (Å²) in [5.41, 5.74) is 0.655. The minimum absolute atomic E-state index is 0.0191. The maximum Gasteiger partial charge on any atom is 0.335 e. The molecule has 0 fully saturated rings. The molecule has 0 radical (unpaired) electrons. The molecule has 0 aliphatic rings. The van der Waals surface area contributed by atoms with Crippen LogP contribution in [0.3, 0.4) is 0 Å². The summed E-state index contributed by atoms with van der Waals surface area (Å²) >= 11 is 1.23. The summed E-state index contributed by atoms with van der Waals surface area (Å²) in [7, 11) is 0. The van der Waals surface area contributed by atoms with Gasteiger partial charge in [0.15, 0.2) is 0 Å². The number of anilines is 1. The summed E-state index contributed by atoms with van der Waals surface area (Å²) in [5, 5.41) is 19.7. The molecular formula is C12H13NO5S. The molecule has 0 aliphatic carbocycles. The normalized spacial score (nSPS) is 9.89. The Bertz CT molecular complexity index is 472. The van der Waals surface area contributed by atoms with Gasteiger partial charge in [-0.05, 0) is 24.3 Å². The van der Waals surface area contributed by atoms with Gasteiger partial charge in [0.25, 0.3) is 0 Å². The SMILES string of the molecule is O=C(O)CCSCC(=O)Nc1ccc(C(=O)O)cc1. The number of aliphatic carboxylic acids is 1. The molecule has 0 spiro atoms. The number of hydrogen-bond donors (Lipinski definition) is 3. The van der Waals surface area contributed by atoms with Gasteiger partial charge >= 0.3 is 11.9 Å². The van der Waals surface area contributed by atoms with Crippen LogP contribution in [0.25, 0.3) is 0 Å². The van der Waals surface area contributed by atoms with Gasteiger partial charge in [-0.25, -0.2) is 4.79 Å². The molecule has 1 aromatic rings. The predicted octanol–water partition coefficient (Wildman–Crippen LogP) is 1.53. The summed E-state index contributed by atoms with van der Waals surface area (Å²) in [6.07, 6.45) is 0.0191. The molecule has 7 heteroatoms. The van der Waals surface area contributed by atoms with Crippen LogP contribution in [0.15, 0.2) is 24.3 Å². The summed E-state index contributed by atoms with van der Waals surface area (Å²) in [6, 6.07) is 5.80. The Morgan fingerprint density at radius 3 is 2.26 bits per heavy atom. The van der Waals surface area contributed by atoms with Gasteiger partial charge in [0.2, 0.25) is 5.91 Å². The van der Waals surface area contributed by atoms with Gasteiger partial charge in [0.1, 0.15) is 0 Å². The maximum absolute atomic E-state index is 11.5. The van der Waals surface area contributed by atoms with E-state index in [1.165, 1.54) is 36.0 Å². The summed E-state index contributed by atoms with van der Waals surface area (Å²) < 4.78 is 0. The Morgan fingerprint density at radius 1 is 1.11 bits per heavy atom. The second-order valence-electron chi connectivity index (χ2n) is 3.63. The molecule has 1 rings (SSSR count). The predicted molar refractivity (Wildman–Crippen MR) is 71.6 cm³/mol. The van der Waals surface area contributed by atoms with Crippen molar-refractivity contribution >= 4 is 35.3 Å². The highest BCUT2D eigenvalue weighted by Gasteiger charge is 2.05. The second kappa shape index (κ2) is 7.42. The first-order valence-electron chi connectivity index (χ1n) is 5.42. The fourth-order valence-corrected chi connectivity index (χ4v) is 1.94. The number of carbonyl (C=O) groups excluding carboxylic acids is 1. The third-order valence-corrected chi connectivity index (χ3v) is 3.07. The highest BCUT2D eigenvalue weighted by atomic mass is 32.2. The third kappa shape index (κ3) is 5.91. The largest absolute Gasteiger partial charge is 0.481 e. The molecule has 0 saturated heterocycles. The first kappa shape index (κ1) is 15.0. The molecule has 1 amide bonds. The van der Waals surface area contributed by atoms with Crippen LogP contribution in [-0.2, 0) is 9.59 Å². The molecule has 0 bridgehead atoms. The number of carboxylic acid groups (broad SMARTS) is 2. The van der Waals surface area contributed by atoms with Crippen molar-refractivity contribution in [2.24, 2.45) is 0 Å². The Hall–Kier alpha value is -2.02. The molecule has 0 saturated carbocycles. The summed E-state index contributed by atoms with van der Waals surface area (Å²) in [4.78, 5) is 32.4. The number of amides is 1. The molecule has 0 aliphatic heterocycles. The zero-order valence-electron chi connectivity index (χ0n) is 9.96. The number of thioether (sulfide) groups is 1. The fourth-order valence-electron chi connectivity index (χ4n) is 1.22. The number of hydrogen-bond acceptors (Lipinski definition) is 4. The molecule has 6 nitrogen and oxygen atoms in total. The molecule has 19 heavy (non-hydrogen) atoms. The van der Waals surface area contributed by atoms with Crippen LogP contribution in [0, 0.1) is 0 Å². The average Bonchev–Trinajstić information content (AvgIpc) is 2.35. The Morgan fingerprint density at radius 2 is 1.74 bits per heavy atom. The molecular weight excluding hydrogens is 270 g/mol. The quantitative estimate of drug-likeness (QED) is 0.656. The van der Waals surface area contributed by atoms with Crippen LogP contribution in [0.2, 0.25) is 0 Å². The van der Waals surface area contributed by atoms with Crippen molar-refractivity contribution in [1.82, 2.24) is 0 Å². The van der Waals surface area contributed by atoms with Crippen LogP contribution in [-0.4, -0.2) is 39.6 Å². The molecule has 0 unspecified atom stereocenters. The van der Waals surface area contributed by atoms with Crippen LogP contribution < -0.4 is 5.32 Å². The highest BCUT2D eigenvalue weighted by Crippen LogP contribution is 2.11. The van der Waals surface area contributed by atoms with E-state index in [2.05, 4.69) is 5.32 Å². The molecule has 0 aromatic heterocycles. The first-order chi connectivity index (χ1) is 8.99. The number of carbonyl (C=O) groups is 3. The topological polar surface area (TPSA) is 104 Å². The number of carboxylic acids is 2. The summed E-state index contributed by atoms with van der Waals surface area (Å²) in [5.74, 6) is -1.63. The molecule has 0 heterocycles. The fraction of sp³-hybridized carbons (Fsp3) is 0.250. The Labute approximate surface area is 113 Å². The number of benzene rings is 1. The van der Waals surface area contributed by atoms with Crippen molar-refractivity contribution in [3.05, 3.63) is 29.8 Å². The van der Waals surface area contributed by atoms with Gasteiger partial charge in [-0.15, -0.1) is 0 Å². The van der Waals surface area contributed by atoms with Gasteiger partial charge in [-0.1, -0.05) is 0 Å². The van der Waals surface area contributed by atoms with E-state index in [9.17, 15) is 14.4 Å². The monoisotopic (exact) mass is 283 g/mol. The molecule has 3 N–H and O–H groups in total. The van der Waals surface area contributed by atoms with Gasteiger partial charge in [-0.2, -0.15) is 11.8 Å².